The van der Waals surface area contributed by atoms with Crippen LogP contribution >= 0.6 is 28.1 Å². The fourth-order valence-corrected chi connectivity index (χ4v) is 5.04. The van der Waals surface area contributed by atoms with Crippen molar-refractivity contribution in [3.63, 3.8) is 0 Å². The summed E-state index contributed by atoms with van der Waals surface area (Å²) in [6.07, 6.45) is 2.48. The number of pyridine rings is 1. The summed E-state index contributed by atoms with van der Waals surface area (Å²) >= 11 is 9.28. The van der Waals surface area contributed by atoms with E-state index >= 15 is 0 Å². The first kappa shape index (κ1) is 21.0. The molecular formula is C23H25BrN4OS. The van der Waals surface area contributed by atoms with Gasteiger partial charge >= 0.3 is 0 Å². The van der Waals surface area contributed by atoms with Crippen LogP contribution in [0.3, 0.4) is 0 Å². The molecule has 1 aliphatic heterocycles. The maximum absolute atomic E-state index is 9.42. The molecule has 2 unspecified atom stereocenters. The summed E-state index contributed by atoms with van der Waals surface area (Å²) in [5.41, 5.74) is 5.64. The Balaban J connectivity index is 1.82. The molecule has 2 atom stereocenters. The van der Waals surface area contributed by atoms with Crippen LogP contribution in [0.4, 0.5) is 0 Å². The van der Waals surface area contributed by atoms with Crippen LogP contribution in [-0.2, 0) is 0 Å². The number of hydrogen-bond donors (Lipinski definition) is 2. The van der Waals surface area contributed by atoms with Crippen LogP contribution in [0.2, 0.25) is 0 Å². The second-order valence-corrected chi connectivity index (χ2v) is 8.84. The molecule has 7 heteroatoms. The fraction of sp³-hybridized carbons (Fsp3) is 0.304. The van der Waals surface area contributed by atoms with Gasteiger partial charge in [0.05, 0.1) is 17.8 Å². The molecule has 4 rings (SSSR count). The largest absolute Gasteiger partial charge is 0.396 e. The predicted molar refractivity (Wildman–Crippen MR) is 127 cm³/mol. The van der Waals surface area contributed by atoms with Crippen LogP contribution in [0.15, 0.2) is 59.2 Å². The number of hydrogen-bond acceptors (Lipinski definition) is 3. The maximum atomic E-state index is 9.42. The van der Waals surface area contributed by atoms with Crippen LogP contribution in [-0.4, -0.2) is 37.8 Å². The first-order chi connectivity index (χ1) is 14.5. The quantitative estimate of drug-likeness (QED) is 0.500. The molecule has 1 fully saturated rings. The molecule has 0 amide bonds. The van der Waals surface area contributed by atoms with E-state index in [1.807, 2.05) is 30.5 Å². The van der Waals surface area contributed by atoms with Gasteiger partial charge in [-0.25, -0.2) is 0 Å². The van der Waals surface area contributed by atoms with Crippen molar-refractivity contribution in [2.45, 2.75) is 32.4 Å². The third-order valence-electron chi connectivity index (χ3n) is 5.61. The highest BCUT2D eigenvalue weighted by molar-refractivity contribution is 9.10. The maximum Gasteiger partial charge on any atom is 0.170 e. The third kappa shape index (κ3) is 3.89. The molecule has 1 aliphatic rings. The summed E-state index contributed by atoms with van der Waals surface area (Å²) in [6.45, 7) is 5.12. The summed E-state index contributed by atoms with van der Waals surface area (Å²) in [6, 6.07) is 16.5. The number of aromatic nitrogens is 2. The van der Waals surface area contributed by atoms with Gasteiger partial charge in [0, 0.05) is 40.9 Å². The zero-order valence-electron chi connectivity index (χ0n) is 17.0. The number of nitrogens with zero attached hydrogens (tertiary/aromatic N) is 3. The molecule has 0 saturated carbocycles. The molecule has 30 heavy (non-hydrogen) atoms. The Morgan fingerprint density at radius 2 is 2.00 bits per heavy atom. The van der Waals surface area contributed by atoms with Crippen molar-refractivity contribution in [1.82, 2.24) is 19.8 Å². The van der Waals surface area contributed by atoms with E-state index in [0.29, 0.717) is 18.1 Å². The Hall–Kier alpha value is -2.22. The number of aryl methyl sites for hydroxylation is 1. The lowest BCUT2D eigenvalue weighted by atomic mass is 9.96. The van der Waals surface area contributed by atoms with Gasteiger partial charge in [-0.2, -0.15) is 0 Å². The van der Waals surface area contributed by atoms with E-state index < -0.39 is 0 Å². The van der Waals surface area contributed by atoms with Crippen LogP contribution in [0.5, 0.6) is 0 Å². The average Bonchev–Trinajstić information content (AvgIpc) is 3.22. The summed E-state index contributed by atoms with van der Waals surface area (Å²) in [5, 5.41) is 13.6. The highest BCUT2D eigenvalue weighted by atomic mass is 79.9. The van der Waals surface area contributed by atoms with Crippen molar-refractivity contribution in [1.29, 1.82) is 0 Å². The lowest BCUT2D eigenvalue weighted by molar-refractivity contribution is 0.247. The Bertz CT molecular complexity index is 1050. The monoisotopic (exact) mass is 484 g/mol. The van der Waals surface area contributed by atoms with Crippen molar-refractivity contribution in [2.24, 2.45) is 0 Å². The van der Waals surface area contributed by atoms with Gasteiger partial charge in [-0.3, -0.25) is 4.98 Å². The molecule has 156 valence electrons. The molecule has 0 bridgehead atoms. The van der Waals surface area contributed by atoms with E-state index in [0.717, 1.165) is 15.9 Å². The Kier molecular flexibility index (Phi) is 6.22. The van der Waals surface area contributed by atoms with Crippen LogP contribution in [0.1, 0.15) is 41.1 Å². The normalized spacial score (nSPS) is 18.7. The number of nitrogens with one attached hydrogen (secondary N) is 1. The highest BCUT2D eigenvalue weighted by Crippen LogP contribution is 2.41. The lowest BCUT2D eigenvalue weighted by Crippen LogP contribution is -2.31. The highest BCUT2D eigenvalue weighted by Gasteiger charge is 2.41. The zero-order valence-corrected chi connectivity index (χ0v) is 19.4. The van der Waals surface area contributed by atoms with Crippen molar-refractivity contribution in [3.05, 3.63) is 81.8 Å². The molecule has 2 N–H and O–H groups in total. The van der Waals surface area contributed by atoms with Gasteiger partial charge in [0.2, 0.25) is 0 Å². The van der Waals surface area contributed by atoms with Crippen molar-refractivity contribution in [2.75, 3.05) is 13.2 Å². The Labute approximate surface area is 190 Å². The van der Waals surface area contributed by atoms with E-state index in [4.69, 9.17) is 12.2 Å². The summed E-state index contributed by atoms with van der Waals surface area (Å²) < 4.78 is 3.33. The molecule has 0 aliphatic carbocycles. The molecule has 2 aromatic heterocycles. The zero-order chi connectivity index (χ0) is 21.3. The van der Waals surface area contributed by atoms with E-state index in [-0.39, 0.29) is 18.7 Å². The van der Waals surface area contributed by atoms with Gasteiger partial charge in [-0.05, 0) is 74.4 Å². The standard InChI is InChI=1S/C23H25BrN4OS/c1-15-13-19(16(2)28(15)18-8-5-7-17(24)14-18)22-21(20-9-3-4-10-25-20)26-23(30)27(22)11-6-12-29/h3-5,7-10,13-14,21-22,29H,6,11-12H2,1-2H3,(H,26,30). The molecule has 3 aromatic rings. The average molecular weight is 485 g/mol. The first-order valence-corrected chi connectivity index (χ1v) is 11.2. The number of halogens is 1. The number of benzene rings is 1. The number of rotatable bonds is 6. The van der Waals surface area contributed by atoms with Gasteiger partial charge in [0.25, 0.3) is 0 Å². The third-order valence-corrected chi connectivity index (χ3v) is 6.46. The van der Waals surface area contributed by atoms with Gasteiger partial charge < -0.3 is 19.9 Å². The summed E-state index contributed by atoms with van der Waals surface area (Å²) in [4.78, 5) is 6.80. The number of aliphatic hydroxyl groups excluding tert-OH is 1. The van der Waals surface area contributed by atoms with Crippen LogP contribution in [0.25, 0.3) is 5.69 Å². The molecular weight excluding hydrogens is 460 g/mol. The van der Waals surface area contributed by atoms with Gasteiger partial charge in [-0.15, -0.1) is 0 Å². The van der Waals surface area contributed by atoms with Crippen LogP contribution in [0, 0.1) is 13.8 Å². The van der Waals surface area contributed by atoms with Crippen molar-refractivity contribution in [3.8, 4) is 5.69 Å². The van der Waals surface area contributed by atoms with Crippen molar-refractivity contribution < 1.29 is 5.11 Å². The molecule has 0 radical (unpaired) electrons. The smallest absolute Gasteiger partial charge is 0.170 e. The van der Waals surface area contributed by atoms with E-state index in [1.54, 1.807) is 0 Å². The molecule has 0 spiro atoms. The van der Waals surface area contributed by atoms with Crippen LogP contribution < -0.4 is 5.32 Å². The molecule has 1 saturated heterocycles. The van der Waals surface area contributed by atoms with Crippen molar-refractivity contribution >= 4 is 33.3 Å². The van der Waals surface area contributed by atoms with E-state index in [1.165, 1.54) is 17.0 Å². The SMILES string of the molecule is Cc1cc(C2C(c3ccccn3)NC(=S)N2CCCO)c(C)n1-c1cccc(Br)c1. The summed E-state index contributed by atoms with van der Waals surface area (Å²) in [7, 11) is 0. The number of aliphatic hydroxyl groups is 1. The minimum Gasteiger partial charge on any atom is -0.396 e. The Morgan fingerprint density at radius 1 is 1.17 bits per heavy atom. The molecule has 5 nitrogen and oxygen atoms in total. The van der Waals surface area contributed by atoms with Gasteiger partial charge in [-0.1, -0.05) is 28.1 Å². The number of thiocarbonyl (C=S) groups is 1. The predicted octanol–water partition coefficient (Wildman–Crippen LogP) is 4.61. The molecule has 3 heterocycles. The first-order valence-electron chi connectivity index (χ1n) is 10.0. The van der Waals surface area contributed by atoms with E-state index in [9.17, 15) is 5.11 Å². The second kappa shape index (κ2) is 8.88. The Morgan fingerprint density at radius 3 is 2.70 bits per heavy atom. The van der Waals surface area contributed by atoms with Gasteiger partial charge in [0.1, 0.15) is 0 Å². The van der Waals surface area contributed by atoms with Gasteiger partial charge in [0.15, 0.2) is 5.11 Å². The lowest BCUT2D eigenvalue weighted by Gasteiger charge is -2.28. The second-order valence-electron chi connectivity index (χ2n) is 7.54. The minimum atomic E-state index is -0.0474. The van der Waals surface area contributed by atoms with E-state index in [2.05, 4.69) is 73.8 Å². The fourth-order valence-electron chi connectivity index (χ4n) is 4.33. The minimum absolute atomic E-state index is 0.00560. The summed E-state index contributed by atoms with van der Waals surface area (Å²) in [5.74, 6) is 0. The topological polar surface area (TPSA) is 53.3 Å². The molecule has 1 aromatic carbocycles.